The molecule has 3 rings (SSSR count). The third kappa shape index (κ3) is 2.84. The van der Waals surface area contributed by atoms with Crippen molar-refractivity contribution in [2.75, 3.05) is 0 Å². The Labute approximate surface area is 152 Å². The van der Waals surface area contributed by atoms with Gasteiger partial charge in [-0.2, -0.15) is 0 Å². The van der Waals surface area contributed by atoms with Crippen molar-refractivity contribution in [2.45, 2.75) is 27.7 Å². The van der Waals surface area contributed by atoms with Crippen LogP contribution in [-0.2, 0) is 0 Å². The van der Waals surface area contributed by atoms with Gasteiger partial charge in [-0.25, -0.2) is 0 Å². The van der Waals surface area contributed by atoms with E-state index in [4.69, 9.17) is 0 Å². The molecule has 4 N–H and O–H groups in total. The van der Waals surface area contributed by atoms with Gasteiger partial charge in [0.15, 0.2) is 11.5 Å². The van der Waals surface area contributed by atoms with Crippen LogP contribution in [0.2, 0.25) is 0 Å². The predicted molar refractivity (Wildman–Crippen MR) is 103 cm³/mol. The van der Waals surface area contributed by atoms with E-state index < -0.39 is 0 Å². The fourth-order valence-electron chi connectivity index (χ4n) is 3.24. The van der Waals surface area contributed by atoms with Gasteiger partial charge < -0.3 is 20.4 Å². The molecule has 0 aromatic heterocycles. The molecule has 3 aromatic carbocycles. The molecule has 134 valence electrons. The lowest BCUT2D eigenvalue weighted by molar-refractivity contribution is 0.405. The van der Waals surface area contributed by atoms with Crippen molar-refractivity contribution in [3.63, 3.8) is 0 Å². The summed E-state index contributed by atoms with van der Waals surface area (Å²) in [7, 11) is 0. The number of aromatic hydroxyl groups is 4. The van der Waals surface area contributed by atoms with Gasteiger partial charge in [0.1, 0.15) is 11.5 Å². The number of benzene rings is 3. The third-order valence-corrected chi connectivity index (χ3v) is 4.80. The molecule has 0 unspecified atom stereocenters. The molecule has 0 aliphatic rings. The van der Waals surface area contributed by atoms with E-state index in [1.807, 2.05) is 26.8 Å². The number of phenols is 4. The number of hydrogen-bond acceptors (Lipinski definition) is 4. The van der Waals surface area contributed by atoms with Crippen molar-refractivity contribution in [3.05, 3.63) is 58.7 Å². The standard InChI is InChI=1S/C22H22O4/c1-11-9-19(24)13(3)7-16(11)15-5-6-18(23)22(26)21(15)17-8-14(4)20(25)10-12(17)2/h5-10,23-26H,1-4H3. The Balaban J connectivity index is 2.39. The maximum Gasteiger partial charge on any atom is 0.166 e. The summed E-state index contributed by atoms with van der Waals surface area (Å²) < 4.78 is 0. The second-order valence-electron chi connectivity index (χ2n) is 6.76. The highest BCUT2D eigenvalue weighted by Gasteiger charge is 2.20. The van der Waals surface area contributed by atoms with Crippen molar-refractivity contribution in [2.24, 2.45) is 0 Å². The molecule has 0 heterocycles. The van der Waals surface area contributed by atoms with Crippen LogP contribution in [0.5, 0.6) is 23.0 Å². The first-order chi connectivity index (χ1) is 12.2. The van der Waals surface area contributed by atoms with Crippen LogP contribution in [0.25, 0.3) is 22.3 Å². The van der Waals surface area contributed by atoms with Crippen LogP contribution in [-0.4, -0.2) is 20.4 Å². The molecule has 4 heteroatoms. The van der Waals surface area contributed by atoms with Crippen molar-refractivity contribution in [1.82, 2.24) is 0 Å². The van der Waals surface area contributed by atoms with Gasteiger partial charge in [0.05, 0.1) is 0 Å². The first kappa shape index (κ1) is 17.7. The highest BCUT2D eigenvalue weighted by atomic mass is 16.3. The van der Waals surface area contributed by atoms with E-state index in [1.54, 1.807) is 31.2 Å². The Bertz CT molecular complexity index is 1020. The first-order valence-electron chi connectivity index (χ1n) is 8.36. The molecule has 0 amide bonds. The molecule has 3 aromatic rings. The van der Waals surface area contributed by atoms with E-state index in [0.717, 1.165) is 33.4 Å². The zero-order chi connectivity index (χ0) is 19.2. The van der Waals surface area contributed by atoms with Crippen LogP contribution in [0.1, 0.15) is 22.3 Å². The largest absolute Gasteiger partial charge is 0.508 e. The van der Waals surface area contributed by atoms with Crippen LogP contribution in [0.3, 0.4) is 0 Å². The van der Waals surface area contributed by atoms with Gasteiger partial charge in [-0.1, -0.05) is 0 Å². The molecule has 0 fully saturated rings. The van der Waals surface area contributed by atoms with Gasteiger partial charge in [-0.05, 0) is 103 Å². The van der Waals surface area contributed by atoms with E-state index in [2.05, 4.69) is 0 Å². The lowest BCUT2D eigenvalue weighted by Crippen LogP contribution is -1.93. The van der Waals surface area contributed by atoms with E-state index >= 15 is 0 Å². The molecule has 0 radical (unpaired) electrons. The fourth-order valence-corrected chi connectivity index (χ4v) is 3.24. The summed E-state index contributed by atoms with van der Waals surface area (Å²) in [5, 5.41) is 40.6. The highest BCUT2D eigenvalue weighted by molar-refractivity contribution is 5.92. The smallest absolute Gasteiger partial charge is 0.166 e. The first-order valence-corrected chi connectivity index (χ1v) is 8.36. The van der Waals surface area contributed by atoms with Crippen LogP contribution in [0.4, 0.5) is 0 Å². The van der Waals surface area contributed by atoms with Gasteiger partial charge in [0.2, 0.25) is 0 Å². The zero-order valence-electron chi connectivity index (χ0n) is 15.3. The minimum atomic E-state index is -0.208. The van der Waals surface area contributed by atoms with Gasteiger partial charge in [-0.3, -0.25) is 0 Å². The Kier molecular flexibility index (Phi) is 4.28. The average Bonchev–Trinajstić information content (AvgIpc) is 2.57. The number of rotatable bonds is 2. The minimum Gasteiger partial charge on any atom is -0.508 e. The van der Waals surface area contributed by atoms with Crippen molar-refractivity contribution >= 4 is 0 Å². The van der Waals surface area contributed by atoms with Gasteiger partial charge in [0.25, 0.3) is 0 Å². The lowest BCUT2D eigenvalue weighted by atomic mass is 9.87. The van der Waals surface area contributed by atoms with Crippen molar-refractivity contribution in [3.8, 4) is 45.3 Å². The quantitative estimate of drug-likeness (QED) is 0.486. The van der Waals surface area contributed by atoms with Crippen LogP contribution in [0, 0.1) is 27.7 Å². The number of hydrogen-bond donors (Lipinski definition) is 4. The Morgan fingerprint density at radius 3 is 1.58 bits per heavy atom. The highest BCUT2D eigenvalue weighted by Crippen LogP contribution is 2.46. The van der Waals surface area contributed by atoms with Gasteiger partial charge in [-0.15, -0.1) is 0 Å². The van der Waals surface area contributed by atoms with Gasteiger partial charge >= 0.3 is 0 Å². The Hall–Kier alpha value is -3.14. The van der Waals surface area contributed by atoms with Crippen LogP contribution < -0.4 is 0 Å². The SMILES string of the molecule is Cc1cc(-c2ccc(O)c(O)c2-c2cc(C)c(O)cc2C)c(C)cc1O. The zero-order valence-corrected chi connectivity index (χ0v) is 15.3. The monoisotopic (exact) mass is 350 g/mol. The number of aryl methyl sites for hydroxylation is 4. The summed E-state index contributed by atoms with van der Waals surface area (Å²) in [6, 6.07) is 10.2. The topological polar surface area (TPSA) is 80.9 Å². The molecule has 0 atom stereocenters. The molecule has 0 aliphatic heterocycles. The molecule has 0 aliphatic carbocycles. The van der Waals surface area contributed by atoms with Crippen LogP contribution >= 0.6 is 0 Å². The molecule has 26 heavy (non-hydrogen) atoms. The second-order valence-corrected chi connectivity index (χ2v) is 6.76. The van der Waals surface area contributed by atoms with E-state index in [-0.39, 0.29) is 23.0 Å². The van der Waals surface area contributed by atoms with E-state index in [9.17, 15) is 20.4 Å². The molecule has 0 spiro atoms. The van der Waals surface area contributed by atoms with E-state index in [0.29, 0.717) is 11.1 Å². The summed E-state index contributed by atoms with van der Waals surface area (Å²) in [5.41, 5.74) is 5.87. The summed E-state index contributed by atoms with van der Waals surface area (Å²) in [6.45, 7) is 7.33. The summed E-state index contributed by atoms with van der Waals surface area (Å²) >= 11 is 0. The van der Waals surface area contributed by atoms with Crippen molar-refractivity contribution in [1.29, 1.82) is 0 Å². The van der Waals surface area contributed by atoms with Crippen molar-refractivity contribution < 1.29 is 20.4 Å². The summed E-state index contributed by atoms with van der Waals surface area (Å²) in [6.07, 6.45) is 0. The van der Waals surface area contributed by atoms with Crippen LogP contribution in [0.15, 0.2) is 36.4 Å². The Morgan fingerprint density at radius 1 is 0.500 bits per heavy atom. The average molecular weight is 350 g/mol. The van der Waals surface area contributed by atoms with E-state index in [1.165, 1.54) is 6.07 Å². The molecular weight excluding hydrogens is 328 g/mol. The number of phenolic OH excluding ortho intramolecular Hbond substituents is 4. The summed E-state index contributed by atoms with van der Waals surface area (Å²) in [5.74, 6) is -0.0144. The third-order valence-electron chi connectivity index (χ3n) is 4.80. The molecular formula is C22H22O4. The molecule has 4 nitrogen and oxygen atoms in total. The maximum absolute atomic E-state index is 10.6. The fraction of sp³-hybridized carbons (Fsp3) is 0.182. The molecule has 0 saturated heterocycles. The molecule has 0 saturated carbocycles. The lowest BCUT2D eigenvalue weighted by Gasteiger charge is -2.18. The summed E-state index contributed by atoms with van der Waals surface area (Å²) in [4.78, 5) is 0. The second kappa shape index (κ2) is 6.30. The normalized spacial score (nSPS) is 10.9. The minimum absolute atomic E-state index is 0.184. The molecule has 0 bridgehead atoms. The Morgan fingerprint density at radius 2 is 1.00 bits per heavy atom. The predicted octanol–water partition coefficient (Wildman–Crippen LogP) is 5.08. The van der Waals surface area contributed by atoms with Gasteiger partial charge in [0, 0.05) is 5.56 Å². The maximum atomic E-state index is 10.6.